The standard InChI is InChI=1S/C10H13FO2S/c1-6-5-8(7(2)11)14-9(6)10(12-3)13-4/h5,10H,2H2,1,3-4H3. The molecule has 0 bridgehead atoms. The molecule has 0 unspecified atom stereocenters. The summed E-state index contributed by atoms with van der Waals surface area (Å²) in [5.74, 6) is -0.421. The third-order valence-corrected chi connectivity index (χ3v) is 3.16. The van der Waals surface area contributed by atoms with Crippen LogP contribution in [-0.2, 0) is 9.47 Å². The van der Waals surface area contributed by atoms with Crippen molar-refractivity contribution in [1.82, 2.24) is 0 Å². The van der Waals surface area contributed by atoms with E-state index in [0.717, 1.165) is 10.4 Å². The minimum atomic E-state index is -0.423. The van der Waals surface area contributed by atoms with Crippen LogP contribution in [0.25, 0.3) is 5.83 Å². The zero-order valence-corrected chi connectivity index (χ0v) is 9.28. The number of methoxy groups -OCH3 is 2. The normalized spacial score (nSPS) is 10.9. The summed E-state index contributed by atoms with van der Waals surface area (Å²) in [6.45, 7) is 5.15. The van der Waals surface area contributed by atoms with Gasteiger partial charge in [-0.1, -0.05) is 6.58 Å². The van der Waals surface area contributed by atoms with Crippen molar-refractivity contribution < 1.29 is 13.9 Å². The average Bonchev–Trinajstić information content (AvgIpc) is 2.51. The van der Waals surface area contributed by atoms with E-state index in [1.807, 2.05) is 6.92 Å². The van der Waals surface area contributed by atoms with Gasteiger partial charge in [0.2, 0.25) is 0 Å². The first-order valence-electron chi connectivity index (χ1n) is 4.10. The van der Waals surface area contributed by atoms with Crippen molar-refractivity contribution in [2.75, 3.05) is 14.2 Å². The van der Waals surface area contributed by atoms with E-state index < -0.39 is 12.1 Å². The van der Waals surface area contributed by atoms with Gasteiger partial charge in [-0.3, -0.25) is 0 Å². The summed E-state index contributed by atoms with van der Waals surface area (Å²) in [4.78, 5) is 1.40. The number of rotatable bonds is 4. The van der Waals surface area contributed by atoms with Gasteiger partial charge in [-0.25, -0.2) is 4.39 Å². The highest BCUT2D eigenvalue weighted by molar-refractivity contribution is 7.13. The minimum absolute atomic E-state index is 0.421. The number of hydrogen-bond donors (Lipinski definition) is 0. The fourth-order valence-corrected chi connectivity index (χ4v) is 2.27. The molecule has 0 radical (unpaired) electrons. The van der Waals surface area contributed by atoms with Gasteiger partial charge in [0.05, 0.1) is 9.75 Å². The van der Waals surface area contributed by atoms with E-state index in [1.54, 1.807) is 20.3 Å². The zero-order chi connectivity index (χ0) is 10.7. The second-order valence-corrected chi connectivity index (χ2v) is 3.95. The molecule has 0 N–H and O–H groups in total. The molecule has 1 aromatic rings. The monoisotopic (exact) mass is 216 g/mol. The molecule has 1 heterocycles. The van der Waals surface area contributed by atoms with E-state index in [9.17, 15) is 4.39 Å². The second-order valence-electron chi connectivity index (χ2n) is 2.87. The Hall–Kier alpha value is -0.710. The topological polar surface area (TPSA) is 18.5 Å². The Morgan fingerprint density at radius 1 is 1.50 bits per heavy atom. The maximum Gasteiger partial charge on any atom is 0.192 e. The van der Waals surface area contributed by atoms with Crippen molar-refractivity contribution in [2.24, 2.45) is 0 Å². The molecule has 0 amide bonds. The zero-order valence-electron chi connectivity index (χ0n) is 8.46. The van der Waals surface area contributed by atoms with Crippen LogP contribution >= 0.6 is 11.3 Å². The van der Waals surface area contributed by atoms with Crippen LogP contribution < -0.4 is 0 Å². The van der Waals surface area contributed by atoms with E-state index >= 15 is 0 Å². The fourth-order valence-electron chi connectivity index (χ4n) is 1.17. The molecule has 1 rings (SSSR count). The maximum atomic E-state index is 12.8. The van der Waals surface area contributed by atoms with Gasteiger partial charge in [0.1, 0.15) is 5.83 Å². The third kappa shape index (κ3) is 2.20. The Balaban J connectivity index is 3.02. The smallest absolute Gasteiger partial charge is 0.192 e. The highest BCUT2D eigenvalue weighted by Gasteiger charge is 2.16. The van der Waals surface area contributed by atoms with Gasteiger partial charge in [-0.2, -0.15) is 0 Å². The molecular weight excluding hydrogens is 203 g/mol. The molecule has 0 saturated heterocycles. The molecule has 0 aliphatic rings. The number of aryl methyl sites for hydroxylation is 1. The van der Waals surface area contributed by atoms with E-state index in [4.69, 9.17) is 9.47 Å². The molecule has 4 heteroatoms. The number of thiophene rings is 1. The van der Waals surface area contributed by atoms with Gasteiger partial charge in [-0.05, 0) is 18.6 Å². The van der Waals surface area contributed by atoms with Crippen LogP contribution in [0.4, 0.5) is 4.39 Å². The number of halogens is 1. The van der Waals surface area contributed by atoms with Crippen molar-refractivity contribution in [3.05, 3.63) is 28.0 Å². The van der Waals surface area contributed by atoms with Gasteiger partial charge in [0.25, 0.3) is 0 Å². The third-order valence-electron chi connectivity index (χ3n) is 1.87. The van der Waals surface area contributed by atoms with E-state index in [0.29, 0.717) is 4.88 Å². The fraction of sp³-hybridized carbons (Fsp3) is 0.400. The van der Waals surface area contributed by atoms with Gasteiger partial charge < -0.3 is 9.47 Å². The van der Waals surface area contributed by atoms with Crippen LogP contribution in [0.2, 0.25) is 0 Å². The summed E-state index contributed by atoms with van der Waals surface area (Å²) < 4.78 is 23.0. The van der Waals surface area contributed by atoms with E-state index in [-0.39, 0.29) is 0 Å². The molecule has 0 aliphatic heterocycles. The van der Waals surface area contributed by atoms with Gasteiger partial charge in [0, 0.05) is 14.2 Å². The van der Waals surface area contributed by atoms with Crippen molar-refractivity contribution >= 4 is 17.2 Å². The Morgan fingerprint density at radius 2 is 2.07 bits per heavy atom. The van der Waals surface area contributed by atoms with Gasteiger partial charge in [0.15, 0.2) is 6.29 Å². The van der Waals surface area contributed by atoms with Crippen LogP contribution in [0, 0.1) is 6.92 Å². The minimum Gasteiger partial charge on any atom is -0.351 e. The molecule has 0 atom stereocenters. The van der Waals surface area contributed by atoms with Crippen LogP contribution in [0.15, 0.2) is 12.6 Å². The van der Waals surface area contributed by atoms with Crippen molar-refractivity contribution in [1.29, 1.82) is 0 Å². The Morgan fingerprint density at radius 3 is 2.43 bits per heavy atom. The van der Waals surface area contributed by atoms with Crippen LogP contribution in [0.3, 0.4) is 0 Å². The van der Waals surface area contributed by atoms with E-state index in [2.05, 4.69) is 6.58 Å². The summed E-state index contributed by atoms with van der Waals surface area (Å²) in [5, 5.41) is 0. The molecule has 0 aliphatic carbocycles. The first-order chi connectivity index (χ1) is 6.60. The summed E-state index contributed by atoms with van der Waals surface area (Å²) in [5.41, 5.74) is 0.956. The lowest BCUT2D eigenvalue weighted by molar-refractivity contribution is -0.103. The lowest BCUT2D eigenvalue weighted by Gasteiger charge is -2.11. The molecule has 78 valence electrons. The van der Waals surface area contributed by atoms with Crippen molar-refractivity contribution in [2.45, 2.75) is 13.2 Å². The van der Waals surface area contributed by atoms with Crippen LogP contribution in [0.5, 0.6) is 0 Å². The number of ether oxygens (including phenoxy) is 2. The Labute approximate surface area is 87.0 Å². The molecule has 0 aromatic carbocycles. The number of hydrogen-bond acceptors (Lipinski definition) is 3. The van der Waals surface area contributed by atoms with Gasteiger partial charge >= 0.3 is 0 Å². The lowest BCUT2D eigenvalue weighted by atomic mass is 10.2. The molecule has 14 heavy (non-hydrogen) atoms. The van der Waals surface area contributed by atoms with Crippen molar-refractivity contribution in [3.8, 4) is 0 Å². The van der Waals surface area contributed by atoms with E-state index in [1.165, 1.54) is 11.3 Å². The second kappa shape index (κ2) is 4.68. The Kier molecular flexibility index (Phi) is 3.80. The first kappa shape index (κ1) is 11.4. The van der Waals surface area contributed by atoms with Gasteiger partial charge in [-0.15, -0.1) is 11.3 Å². The summed E-state index contributed by atoms with van der Waals surface area (Å²) in [6.07, 6.45) is -0.423. The highest BCUT2D eigenvalue weighted by atomic mass is 32.1. The molecular formula is C10H13FO2S. The average molecular weight is 216 g/mol. The molecule has 1 aromatic heterocycles. The molecule has 0 fully saturated rings. The Bertz CT molecular complexity index is 329. The molecule has 0 spiro atoms. The lowest BCUT2D eigenvalue weighted by Crippen LogP contribution is -2.02. The maximum absolute atomic E-state index is 12.8. The SMILES string of the molecule is C=C(F)c1cc(C)c(C(OC)OC)s1. The predicted molar refractivity (Wildman–Crippen MR) is 56.0 cm³/mol. The largest absolute Gasteiger partial charge is 0.351 e. The van der Waals surface area contributed by atoms with Crippen LogP contribution in [0.1, 0.15) is 21.6 Å². The summed E-state index contributed by atoms with van der Waals surface area (Å²) in [6, 6.07) is 1.74. The highest BCUT2D eigenvalue weighted by Crippen LogP contribution is 2.33. The summed E-state index contributed by atoms with van der Waals surface area (Å²) >= 11 is 1.30. The first-order valence-corrected chi connectivity index (χ1v) is 4.92. The molecule has 0 saturated carbocycles. The quantitative estimate of drug-likeness (QED) is 0.719. The molecule has 2 nitrogen and oxygen atoms in total. The van der Waals surface area contributed by atoms with Crippen molar-refractivity contribution in [3.63, 3.8) is 0 Å². The predicted octanol–water partition coefficient (Wildman–Crippen LogP) is 3.29. The van der Waals surface area contributed by atoms with Crippen LogP contribution in [-0.4, -0.2) is 14.2 Å². The summed E-state index contributed by atoms with van der Waals surface area (Å²) in [7, 11) is 3.11.